The van der Waals surface area contributed by atoms with Crippen molar-refractivity contribution in [3.8, 4) is 0 Å². The zero-order valence-corrected chi connectivity index (χ0v) is 11.9. The molecular weight excluding hydrogens is 308 g/mol. The Labute approximate surface area is 119 Å². The Morgan fingerprint density at radius 1 is 1.37 bits per heavy atom. The highest BCUT2D eigenvalue weighted by molar-refractivity contribution is 9.10. The average Bonchev–Trinajstić information content (AvgIpc) is 2.38. The smallest absolute Gasteiger partial charge is 0.335 e. The van der Waals surface area contributed by atoms with E-state index in [9.17, 15) is 4.79 Å². The molecule has 2 N–H and O–H groups in total. The molecule has 0 radical (unpaired) electrons. The summed E-state index contributed by atoms with van der Waals surface area (Å²) < 4.78 is 0.974. The zero-order chi connectivity index (χ0) is 13.8. The first-order valence-corrected chi connectivity index (χ1v) is 6.54. The van der Waals surface area contributed by atoms with Gasteiger partial charge in [-0.25, -0.2) is 4.79 Å². The van der Waals surface area contributed by atoms with Crippen LogP contribution in [-0.2, 0) is 6.54 Å². The zero-order valence-electron chi connectivity index (χ0n) is 10.4. The summed E-state index contributed by atoms with van der Waals surface area (Å²) in [6, 6.07) is 9.04. The quantitative estimate of drug-likeness (QED) is 0.905. The van der Waals surface area contributed by atoms with E-state index in [1.165, 1.54) is 17.8 Å². The summed E-state index contributed by atoms with van der Waals surface area (Å²) in [6.45, 7) is 2.50. The number of rotatable bonds is 4. The lowest BCUT2D eigenvalue weighted by atomic mass is 10.2. The fraction of sp³-hybridized carbons (Fsp3) is 0.143. The van der Waals surface area contributed by atoms with Crippen LogP contribution in [-0.4, -0.2) is 16.1 Å². The number of hydrogen-bond donors (Lipinski definition) is 2. The maximum Gasteiger partial charge on any atom is 0.335 e. The molecule has 19 heavy (non-hydrogen) atoms. The Balaban J connectivity index is 2.10. The molecule has 2 rings (SSSR count). The molecular formula is C14H13BrN2O2. The Bertz CT molecular complexity index is 614. The average molecular weight is 321 g/mol. The second kappa shape index (κ2) is 5.84. The molecule has 0 unspecified atom stereocenters. The molecule has 0 fully saturated rings. The normalized spacial score (nSPS) is 10.2. The summed E-state index contributed by atoms with van der Waals surface area (Å²) in [6.07, 6.45) is 1.50. The van der Waals surface area contributed by atoms with E-state index in [0.717, 1.165) is 10.2 Å². The molecule has 4 nitrogen and oxygen atoms in total. The lowest BCUT2D eigenvalue weighted by Crippen LogP contribution is -2.05. The summed E-state index contributed by atoms with van der Waals surface area (Å²) in [5, 5.41) is 12.1. The van der Waals surface area contributed by atoms with E-state index in [1.807, 2.05) is 25.1 Å². The van der Waals surface area contributed by atoms with Gasteiger partial charge in [-0.2, -0.15) is 0 Å². The summed E-state index contributed by atoms with van der Waals surface area (Å²) in [5.74, 6) is -0.944. The first-order valence-electron chi connectivity index (χ1n) is 5.74. The molecule has 0 aliphatic carbocycles. The Morgan fingerprint density at radius 2 is 2.16 bits per heavy atom. The van der Waals surface area contributed by atoms with Crippen molar-refractivity contribution in [3.05, 3.63) is 57.8 Å². The Hall–Kier alpha value is -1.88. The van der Waals surface area contributed by atoms with Crippen molar-refractivity contribution in [2.75, 3.05) is 5.32 Å². The molecule has 0 atom stereocenters. The SMILES string of the molecule is Cc1ccc(NCc2cc(C(=O)O)ccn2)c(Br)c1. The van der Waals surface area contributed by atoms with Crippen molar-refractivity contribution >= 4 is 27.6 Å². The van der Waals surface area contributed by atoms with E-state index >= 15 is 0 Å². The van der Waals surface area contributed by atoms with Gasteiger partial charge < -0.3 is 10.4 Å². The van der Waals surface area contributed by atoms with Gasteiger partial charge in [0.15, 0.2) is 0 Å². The van der Waals surface area contributed by atoms with Crippen molar-refractivity contribution in [3.63, 3.8) is 0 Å². The highest BCUT2D eigenvalue weighted by Gasteiger charge is 2.05. The molecule has 1 heterocycles. The molecule has 0 saturated heterocycles. The number of carbonyl (C=O) groups is 1. The van der Waals surface area contributed by atoms with E-state index in [0.29, 0.717) is 12.2 Å². The van der Waals surface area contributed by atoms with Crippen LogP contribution in [0.15, 0.2) is 41.0 Å². The number of nitrogens with one attached hydrogen (secondary N) is 1. The van der Waals surface area contributed by atoms with Gasteiger partial charge in [0.2, 0.25) is 0 Å². The second-order valence-corrected chi connectivity index (χ2v) is 5.03. The first kappa shape index (κ1) is 13.5. The number of hydrogen-bond acceptors (Lipinski definition) is 3. The number of anilines is 1. The van der Waals surface area contributed by atoms with E-state index in [4.69, 9.17) is 5.11 Å². The van der Waals surface area contributed by atoms with Crippen molar-refractivity contribution in [1.29, 1.82) is 0 Å². The molecule has 98 valence electrons. The maximum atomic E-state index is 10.9. The van der Waals surface area contributed by atoms with Gasteiger partial charge in [-0.05, 0) is 52.7 Å². The minimum atomic E-state index is -0.944. The minimum Gasteiger partial charge on any atom is -0.478 e. The van der Waals surface area contributed by atoms with Gasteiger partial charge in [-0.3, -0.25) is 4.98 Å². The number of aryl methyl sites for hydroxylation is 1. The van der Waals surface area contributed by atoms with Crippen molar-refractivity contribution < 1.29 is 9.90 Å². The minimum absolute atomic E-state index is 0.245. The van der Waals surface area contributed by atoms with Gasteiger partial charge in [-0.15, -0.1) is 0 Å². The summed E-state index contributed by atoms with van der Waals surface area (Å²) in [5.41, 5.74) is 3.05. The maximum absolute atomic E-state index is 10.9. The molecule has 0 bridgehead atoms. The third-order valence-corrected chi connectivity index (χ3v) is 3.30. The highest BCUT2D eigenvalue weighted by atomic mass is 79.9. The predicted octanol–water partition coefficient (Wildman–Crippen LogP) is 3.46. The summed E-state index contributed by atoms with van der Waals surface area (Å²) in [4.78, 5) is 15.0. The fourth-order valence-electron chi connectivity index (χ4n) is 1.66. The second-order valence-electron chi connectivity index (χ2n) is 4.18. The molecule has 1 aromatic heterocycles. The van der Waals surface area contributed by atoms with Gasteiger partial charge in [-0.1, -0.05) is 6.07 Å². The van der Waals surface area contributed by atoms with E-state index < -0.39 is 5.97 Å². The lowest BCUT2D eigenvalue weighted by Gasteiger charge is -2.09. The highest BCUT2D eigenvalue weighted by Crippen LogP contribution is 2.23. The predicted molar refractivity (Wildman–Crippen MR) is 77.4 cm³/mol. The van der Waals surface area contributed by atoms with E-state index in [2.05, 4.69) is 26.2 Å². The Morgan fingerprint density at radius 3 is 2.84 bits per heavy atom. The molecule has 0 spiro atoms. The monoisotopic (exact) mass is 320 g/mol. The van der Waals surface area contributed by atoms with Crippen LogP contribution in [0.25, 0.3) is 0 Å². The van der Waals surface area contributed by atoms with Gasteiger partial charge in [0, 0.05) is 16.4 Å². The van der Waals surface area contributed by atoms with Crippen LogP contribution in [0.2, 0.25) is 0 Å². The fourth-order valence-corrected chi connectivity index (χ4v) is 2.29. The van der Waals surface area contributed by atoms with Crippen LogP contribution in [0.1, 0.15) is 21.6 Å². The third kappa shape index (κ3) is 3.54. The van der Waals surface area contributed by atoms with Crippen molar-refractivity contribution in [2.24, 2.45) is 0 Å². The molecule has 5 heteroatoms. The number of aromatic carboxylic acids is 1. The number of carboxylic acid groups (broad SMARTS) is 1. The van der Waals surface area contributed by atoms with Gasteiger partial charge >= 0.3 is 5.97 Å². The van der Waals surface area contributed by atoms with E-state index in [1.54, 1.807) is 6.07 Å². The van der Waals surface area contributed by atoms with Gasteiger partial charge in [0.05, 0.1) is 17.8 Å². The molecule has 0 amide bonds. The van der Waals surface area contributed by atoms with Crippen LogP contribution >= 0.6 is 15.9 Å². The summed E-state index contributed by atoms with van der Waals surface area (Å²) >= 11 is 3.48. The topological polar surface area (TPSA) is 62.2 Å². The van der Waals surface area contributed by atoms with Crippen molar-refractivity contribution in [1.82, 2.24) is 4.98 Å². The number of carboxylic acids is 1. The third-order valence-electron chi connectivity index (χ3n) is 2.65. The molecule has 1 aromatic carbocycles. The largest absolute Gasteiger partial charge is 0.478 e. The number of aromatic nitrogens is 1. The number of benzene rings is 1. The Kier molecular flexibility index (Phi) is 4.16. The lowest BCUT2D eigenvalue weighted by molar-refractivity contribution is 0.0696. The van der Waals surface area contributed by atoms with Crippen LogP contribution in [0.4, 0.5) is 5.69 Å². The molecule has 0 saturated carbocycles. The number of halogens is 1. The van der Waals surface area contributed by atoms with E-state index in [-0.39, 0.29) is 5.56 Å². The number of pyridine rings is 1. The van der Waals surface area contributed by atoms with Crippen LogP contribution < -0.4 is 5.32 Å². The molecule has 0 aliphatic rings. The first-order chi connectivity index (χ1) is 9.06. The van der Waals surface area contributed by atoms with Crippen LogP contribution in [0.5, 0.6) is 0 Å². The molecule has 2 aromatic rings. The van der Waals surface area contributed by atoms with Gasteiger partial charge in [0.25, 0.3) is 0 Å². The molecule has 0 aliphatic heterocycles. The standard InChI is InChI=1S/C14H13BrN2O2/c1-9-2-3-13(12(15)6-9)17-8-11-7-10(14(18)19)4-5-16-11/h2-7,17H,8H2,1H3,(H,18,19). The summed E-state index contributed by atoms with van der Waals surface area (Å²) in [7, 11) is 0. The van der Waals surface area contributed by atoms with Gasteiger partial charge in [0.1, 0.15) is 0 Å². The van der Waals surface area contributed by atoms with Crippen LogP contribution in [0, 0.1) is 6.92 Å². The number of nitrogens with zero attached hydrogens (tertiary/aromatic N) is 1. The van der Waals surface area contributed by atoms with Crippen LogP contribution in [0.3, 0.4) is 0 Å². The van der Waals surface area contributed by atoms with Crippen molar-refractivity contribution in [2.45, 2.75) is 13.5 Å².